The predicted octanol–water partition coefficient (Wildman–Crippen LogP) is -2.54. The summed E-state index contributed by atoms with van der Waals surface area (Å²) in [7, 11) is 0. The Hall–Kier alpha value is -0.880. The monoisotopic (exact) mass is 396 g/mol. The molecule has 0 spiro atoms. The summed E-state index contributed by atoms with van der Waals surface area (Å²) < 4.78 is 13.7. The molecule has 0 radical (unpaired) electrons. The molecule has 5 aliphatic rings. The van der Waals surface area contributed by atoms with Gasteiger partial charge in [-0.15, -0.1) is 0 Å². The van der Waals surface area contributed by atoms with Crippen molar-refractivity contribution in [1.82, 2.24) is 36.6 Å². The standard InChI is InChI=1S/C18H33FN8O/c19-11-7-23-17-14(15(20)25-27(17)9-11)18(28)24-12-8-21-4-3-13(12)26-6-5-22-16(26)10-1-2-10/h10-17,21-23,25H,1-9,20H2,(H,24,28). The third-order valence-corrected chi connectivity index (χ3v) is 6.97. The molecule has 5 rings (SSSR count). The number of amides is 1. The second-order valence-corrected chi connectivity index (χ2v) is 8.93. The first kappa shape index (κ1) is 19.1. The molecule has 158 valence electrons. The first-order valence-electron chi connectivity index (χ1n) is 10.8. The predicted molar refractivity (Wildman–Crippen MR) is 102 cm³/mol. The van der Waals surface area contributed by atoms with Gasteiger partial charge in [-0.1, -0.05) is 0 Å². The summed E-state index contributed by atoms with van der Waals surface area (Å²) in [6.07, 6.45) is 2.37. The van der Waals surface area contributed by atoms with Crippen molar-refractivity contribution in [2.75, 3.05) is 39.3 Å². The number of rotatable bonds is 4. The van der Waals surface area contributed by atoms with E-state index < -0.39 is 18.3 Å². The minimum atomic E-state index is -0.952. The third kappa shape index (κ3) is 3.55. The minimum Gasteiger partial charge on any atom is -0.350 e. The van der Waals surface area contributed by atoms with Gasteiger partial charge in [0.1, 0.15) is 6.17 Å². The molecule has 10 heteroatoms. The van der Waals surface area contributed by atoms with E-state index in [9.17, 15) is 9.18 Å². The van der Waals surface area contributed by atoms with Gasteiger partial charge in [0.05, 0.1) is 30.5 Å². The zero-order chi connectivity index (χ0) is 19.3. The Bertz CT molecular complexity index is 592. The van der Waals surface area contributed by atoms with Crippen LogP contribution in [0.5, 0.6) is 0 Å². The van der Waals surface area contributed by atoms with E-state index in [-0.39, 0.29) is 31.2 Å². The average Bonchev–Trinajstić information content (AvgIpc) is 3.31. The third-order valence-electron chi connectivity index (χ3n) is 6.97. The average molecular weight is 397 g/mol. The quantitative estimate of drug-likeness (QED) is 0.309. The molecule has 4 aliphatic heterocycles. The highest BCUT2D eigenvalue weighted by Gasteiger charge is 2.48. The second kappa shape index (κ2) is 7.75. The van der Waals surface area contributed by atoms with Gasteiger partial charge >= 0.3 is 0 Å². The molecule has 1 amide bonds. The van der Waals surface area contributed by atoms with E-state index in [1.54, 1.807) is 5.01 Å². The first-order valence-corrected chi connectivity index (χ1v) is 10.8. The van der Waals surface area contributed by atoms with Gasteiger partial charge in [-0.05, 0) is 31.7 Å². The first-order chi connectivity index (χ1) is 13.6. The van der Waals surface area contributed by atoms with Crippen molar-refractivity contribution in [1.29, 1.82) is 0 Å². The van der Waals surface area contributed by atoms with Gasteiger partial charge < -0.3 is 21.7 Å². The van der Waals surface area contributed by atoms with Gasteiger partial charge in [0.15, 0.2) is 0 Å². The highest BCUT2D eigenvalue weighted by molar-refractivity contribution is 5.81. The van der Waals surface area contributed by atoms with Crippen molar-refractivity contribution in [3.63, 3.8) is 0 Å². The van der Waals surface area contributed by atoms with Crippen LogP contribution in [0, 0.1) is 11.8 Å². The summed E-state index contributed by atoms with van der Waals surface area (Å²) in [5.41, 5.74) is 9.27. The van der Waals surface area contributed by atoms with Gasteiger partial charge in [0.2, 0.25) is 5.91 Å². The summed E-state index contributed by atoms with van der Waals surface area (Å²) >= 11 is 0. The van der Waals surface area contributed by atoms with E-state index in [2.05, 4.69) is 31.6 Å². The maximum Gasteiger partial charge on any atom is 0.229 e. The molecular formula is C18H33FN8O. The fourth-order valence-electron chi connectivity index (χ4n) is 5.47. The Kier molecular flexibility index (Phi) is 5.29. The summed E-state index contributed by atoms with van der Waals surface area (Å²) in [4.78, 5) is 15.8. The largest absolute Gasteiger partial charge is 0.350 e. The van der Waals surface area contributed by atoms with E-state index in [0.29, 0.717) is 12.2 Å². The molecule has 28 heavy (non-hydrogen) atoms. The maximum absolute atomic E-state index is 13.7. The van der Waals surface area contributed by atoms with Crippen molar-refractivity contribution < 1.29 is 9.18 Å². The number of carbonyl (C=O) groups is 1. The van der Waals surface area contributed by atoms with Crippen LogP contribution >= 0.6 is 0 Å². The van der Waals surface area contributed by atoms with Crippen molar-refractivity contribution in [3.05, 3.63) is 0 Å². The number of fused-ring (bicyclic) bond motifs is 1. The smallest absolute Gasteiger partial charge is 0.229 e. The lowest BCUT2D eigenvalue weighted by molar-refractivity contribution is -0.128. The van der Waals surface area contributed by atoms with Gasteiger partial charge in [-0.25, -0.2) is 14.8 Å². The van der Waals surface area contributed by atoms with Gasteiger partial charge in [-0.3, -0.25) is 15.0 Å². The zero-order valence-electron chi connectivity index (χ0n) is 16.2. The van der Waals surface area contributed by atoms with E-state index in [1.807, 2.05) is 0 Å². The number of hydrogen-bond acceptors (Lipinski definition) is 8. The summed E-state index contributed by atoms with van der Waals surface area (Å²) in [6.45, 7) is 4.33. The van der Waals surface area contributed by atoms with E-state index in [4.69, 9.17) is 5.73 Å². The van der Waals surface area contributed by atoms with Crippen LogP contribution < -0.4 is 32.4 Å². The fourth-order valence-corrected chi connectivity index (χ4v) is 5.47. The van der Waals surface area contributed by atoms with Gasteiger partial charge in [0.25, 0.3) is 0 Å². The van der Waals surface area contributed by atoms with Crippen molar-refractivity contribution in [3.8, 4) is 0 Å². The zero-order valence-corrected chi connectivity index (χ0v) is 16.2. The van der Waals surface area contributed by atoms with Crippen LogP contribution in [-0.2, 0) is 4.79 Å². The number of nitrogens with two attached hydrogens (primary N) is 1. The number of carbonyl (C=O) groups excluding carboxylic acids is 1. The number of halogens is 1. The number of nitrogens with one attached hydrogen (secondary N) is 5. The Labute approximate surface area is 165 Å². The highest BCUT2D eigenvalue weighted by atomic mass is 19.1. The summed E-state index contributed by atoms with van der Waals surface area (Å²) in [5.74, 6) is 0.270. The molecule has 1 saturated carbocycles. The molecule has 0 bridgehead atoms. The lowest BCUT2D eigenvalue weighted by atomic mass is 9.95. The summed E-state index contributed by atoms with van der Waals surface area (Å²) in [5, 5.41) is 15.3. The van der Waals surface area contributed by atoms with Crippen LogP contribution in [0.4, 0.5) is 4.39 Å². The van der Waals surface area contributed by atoms with Crippen LogP contribution in [-0.4, -0.2) is 91.8 Å². The van der Waals surface area contributed by atoms with Crippen molar-refractivity contribution >= 4 is 5.91 Å². The normalized spacial score (nSPS) is 45.1. The topological polar surface area (TPSA) is 110 Å². The molecule has 5 fully saturated rings. The van der Waals surface area contributed by atoms with Crippen LogP contribution in [0.25, 0.3) is 0 Å². The molecule has 0 aromatic rings. The van der Waals surface area contributed by atoms with Crippen LogP contribution in [0.1, 0.15) is 19.3 Å². The molecule has 0 aromatic carbocycles. The molecule has 0 aromatic heterocycles. The fraction of sp³-hybridized carbons (Fsp3) is 0.944. The molecule has 1 aliphatic carbocycles. The minimum absolute atomic E-state index is 0.0499. The number of hydrazine groups is 1. The maximum atomic E-state index is 13.7. The second-order valence-electron chi connectivity index (χ2n) is 8.93. The number of piperidine rings is 1. The van der Waals surface area contributed by atoms with E-state index >= 15 is 0 Å². The molecule has 7 atom stereocenters. The highest BCUT2D eigenvalue weighted by Crippen LogP contribution is 2.37. The van der Waals surface area contributed by atoms with E-state index in [0.717, 1.165) is 38.5 Å². The number of hydrogen-bond donors (Lipinski definition) is 6. The Balaban J connectivity index is 1.26. The lowest BCUT2D eigenvalue weighted by Gasteiger charge is -2.42. The van der Waals surface area contributed by atoms with Crippen molar-refractivity contribution in [2.24, 2.45) is 17.6 Å². The van der Waals surface area contributed by atoms with Crippen molar-refractivity contribution in [2.45, 2.75) is 56.0 Å². The molecular weight excluding hydrogens is 363 g/mol. The molecule has 7 unspecified atom stereocenters. The van der Waals surface area contributed by atoms with Gasteiger partial charge in [-0.2, -0.15) is 0 Å². The molecule has 4 heterocycles. The number of alkyl halides is 1. The lowest BCUT2D eigenvalue weighted by Crippen LogP contribution is -2.64. The molecule has 4 saturated heterocycles. The Morgan fingerprint density at radius 1 is 1.11 bits per heavy atom. The Morgan fingerprint density at radius 2 is 1.96 bits per heavy atom. The van der Waals surface area contributed by atoms with E-state index in [1.165, 1.54) is 12.8 Å². The van der Waals surface area contributed by atoms with Gasteiger partial charge in [0, 0.05) is 38.8 Å². The SMILES string of the molecule is NC1NN2CC(F)CNC2C1C(=O)NC1CNCCC1N1CCNC1C1CC1. The molecule has 9 nitrogen and oxygen atoms in total. The molecule has 7 N–H and O–H groups in total. The summed E-state index contributed by atoms with van der Waals surface area (Å²) in [6, 6.07) is 0.392. The van der Waals surface area contributed by atoms with Crippen LogP contribution in [0.3, 0.4) is 0 Å². The number of nitrogens with zero attached hydrogens (tertiary/aromatic N) is 2. The van der Waals surface area contributed by atoms with Crippen LogP contribution in [0.15, 0.2) is 0 Å². The Morgan fingerprint density at radius 3 is 2.79 bits per heavy atom. The van der Waals surface area contributed by atoms with Crippen LogP contribution in [0.2, 0.25) is 0 Å².